The molecule has 1 amide bonds. The van der Waals surface area contributed by atoms with Crippen molar-refractivity contribution < 1.29 is 4.79 Å². The van der Waals surface area contributed by atoms with Gasteiger partial charge in [0, 0.05) is 45.1 Å². The van der Waals surface area contributed by atoms with E-state index in [9.17, 15) is 4.79 Å². The number of nitrogens with one attached hydrogen (secondary N) is 1. The first kappa shape index (κ1) is 18.8. The topological polar surface area (TPSA) is 87.1 Å². The van der Waals surface area contributed by atoms with Gasteiger partial charge in [0.25, 0.3) is 5.91 Å². The third-order valence-corrected chi connectivity index (χ3v) is 4.83. The van der Waals surface area contributed by atoms with Crippen molar-refractivity contribution in [1.82, 2.24) is 24.8 Å². The average molecular weight is 389 g/mol. The third kappa shape index (κ3) is 4.66. The van der Waals surface area contributed by atoms with Crippen LogP contribution >= 0.6 is 0 Å². The molecule has 1 aliphatic heterocycles. The van der Waals surface area contributed by atoms with E-state index in [0.29, 0.717) is 50.2 Å². The Morgan fingerprint density at radius 1 is 1.00 bits per heavy atom. The highest BCUT2D eigenvalue weighted by atomic mass is 16.2. The number of benzene rings is 1. The van der Waals surface area contributed by atoms with E-state index >= 15 is 0 Å². The minimum Gasteiger partial charge on any atom is -0.365 e. The number of nitrogens with zero attached hydrogens (tertiary/aromatic N) is 6. The minimum atomic E-state index is -0.101. The molecule has 0 spiro atoms. The molecule has 1 saturated heterocycles. The largest absolute Gasteiger partial charge is 0.365 e. The van der Waals surface area contributed by atoms with Crippen molar-refractivity contribution in [3.8, 4) is 0 Å². The second-order valence-electron chi connectivity index (χ2n) is 6.96. The van der Waals surface area contributed by atoms with Crippen LogP contribution in [0.5, 0.6) is 0 Å². The first-order valence-electron chi connectivity index (χ1n) is 9.62. The molecule has 8 nitrogen and oxygen atoms in total. The fourth-order valence-electron chi connectivity index (χ4n) is 3.27. The molecule has 8 heteroatoms. The fourth-order valence-corrected chi connectivity index (χ4v) is 3.27. The van der Waals surface area contributed by atoms with Crippen molar-refractivity contribution >= 4 is 17.7 Å². The molecule has 0 radical (unpaired) electrons. The first-order valence-corrected chi connectivity index (χ1v) is 9.62. The summed E-state index contributed by atoms with van der Waals surface area (Å²) in [6, 6.07) is 10.1. The first-order chi connectivity index (χ1) is 14.2. The smallest absolute Gasteiger partial charge is 0.274 e. The molecule has 0 atom stereocenters. The highest BCUT2D eigenvalue weighted by Crippen LogP contribution is 2.13. The maximum absolute atomic E-state index is 12.7. The summed E-state index contributed by atoms with van der Waals surface area (Å²) in [6.45, 7) is 5.32. The number of hydrogen-bond acceptors (Lipinski definition) is 7. The lowest BCUT2D eigenvalue weighted by Crippen LogP contribution is -2.49. The van der Waals surface area contributed by atoms with Crippen LogP contribution in [-0.4, -0.2) is 56.9 Å². The lowest BCUT2D eigenvalue weighted by Gasteiger charge is -2.34. The minimum absolute atomic E-state index is 0.101. The van der Waals surface area contributed by atoms with Crippen LogP contribution in [0.3, 0.4) is 0 Å². The Kier molecular flexibility index (Phi) is 5.60. The van der Waals surface area contributed by atoms with E-state index in [2.05, 4.69) is 55.3 Å². The van der Waals surface area contributed by atoms with E-state index in [-0.39, 0.29) is 5.91 Å². The van der Waals surface area contributed by atoms with Gasteiger partial charge in [-0.1, -0.05) is 29.8 Å². The van der Waals surface area contributed by atoms with Crippen LogP contribution < -0.4 is 10.2 Å². The Bertz CT molecular complexity index is 954. The summed E-state index contributed by atoms with van der Waals surface area (Å²) >= 11 is 0. The molecule has 4 rings (SSSR count). The predicted molar refractivity (Wildman–Crippen MR) is 111 cm³/mol. The molecule has 1 aliphatic rings. The number of amides is 1. The maximum atomic E-state index is 12.7. The lowest BCUT2D eigenvalue weighted by atomic mass is 10.1. The van der Waals surface area contributed by atoms with Crippen LogP contribution in [0.25, 0.3) is 0 Å². The highest BCUT2D eigenvalue weighted by molar-refractivity contribution is 5.92. The highest BCUT2D eigenvalue weighted by Gasteiger charge is 2.24. The number of hydrogen-bond donors (Lipinski definition) is 1. The zero-order valence-corrected chi connectivity index (χ0v) is 16.3. The van der Waals surface area contributed by atoms with E-state index in [1.807, 2.05) is 6.07 Å². The van der Waals surface area contributed by atoms with Gasteiger partial charge in [0.1, 0.15) is 11.5 Å². The summed E-state index contributed by atoms with van der Waals surface area (Å²) in [5, 5.41) is 3.24. The third-order valence-electron chi connectivity index (χ3n) is 4.83. The van der Waals surface area contributed by atoms with Crippen molar-refractivity contribution in [2.45, 2.75) is 13.5 Å². The molecule has 0 bridgehead atoms. The molecule has 29 heavy (non-hydrogen) atoms. The summed E-state index contributed by atoms with van der Waals surface area (Å²) in [4.78, 5) is 33.8. The van der Waals surface area contributed by atoms with E-state index < -0.39 is 0 Å². The van der Waals surface area contributed by atoms with E-state index in [4.69, 9.17) is 0 Å². The summed E-state index contributed by atoms with van der Waals surface area (Å²) < 4.78 is 0. The molecule has 148 valence electrons. The quantitative estimate of drug-likeness (QED) is 0.715. The molecule has 0 saturated carbocycles. The zero-order chi connectivity index (χ0) is 20.1. The number of carbonyl (C=O) groups excluding carboxylic acids is 1. The normalized spacial score (nSPS) is 14.0. The van der Waals surface area contributed by atoms with Gasteiger partial charge in [-0.25, -0.2) is 19.9 Å². The SMILES string of the molecule is Cc1cccc(CNc2cnc(C(=O)N3CCN(c4ncccn4)CC3)cn2)c1. The van der Waals surface area contributed by atoms with Gasteiger partial charge < -0.3 is 15.1 Å². The number of rotatable bonds is 5. The second-order valence-corrected chi connectivity index (χ2v) is 6.96. The van der Waals surface area contributed by atoms with Crippen molar-refractivity contribution in [2.24, 2.45) is 0 Å². The molecular weight excluding hydrogens is 366 g/mol. The van der Waals surface area contributed by atoms with Crippen molar-refractivity contribution in [3.05, 3.63) is 71.9 Å². The average Bonchev–Trinajstić information content (AvgIpc) is 2.78. The number of anilines is 2. The van der Waals surface area contributed by atoms with Gasteiger partial charge in [0.2, 0.25) is 5.95 Å². The molecular formula is C21H23N7O. The summed E-state index contributed by atoms with van der Waals surface area (Å²) in [7, 11) is 0. The Hall–Kier alpha value is -3.55. The van der Waals surface area contributed by atoms with Crippen LogP contribution in [0, 0.1) is 6.92 Å². The monoisotopic (exact) mass is 389 g/mol. The van der Waals surface area contributed by atoms with Crippen LogP contribution in [0.2, 0.25) is 0 Å². The second kappa shape index (κ2) is 8.64. The van der Waals surface area contributed by atoms with Gasteiger partial charge in [0.15, 0.2) is 0 Å². The maximum Gasteiger partial charge on any atom is 0.274 e. The number of carbonyl (C=O) groups is 1. The Labute approximate surface area is 169 Å². The predicted octanol–water partition coefficient (Wildman–Crippen LogP) is 2.15. The van der Waals surface area contributed by atoms with Crippen LogP contribution in [-0.2, 0) is 6.54 Å². The van der Waals surface area contributed by atoms with E-state index in [1.54, 1.807) is 29.6 Å². The molecule has 3 heterocycles. The number of piperazine rings is 1. The van der Waals surface area contributed by atoms with Crippen molar-refractivity contribution in [3.63, 3.8) is 0 Å². The Morgan fingerprint density at radius 3 is 2.48 bits per heavy atom. The van der Waals surface area contributed by atoms with Crippen molar-refractivity contribution in [2.75, 3.05) is 36.4 Å². The number of aromatic nitrogens is 4. The van der Waals surface area contributed by atoms with E-state index in [0.717, 1.165) is 0 Å². The van der Waals surface area contributed by atoms with Gasteiger partial charge in [-0.3, -0.25) is 4.79 Å². The van der Waals surface area contributed by atoms with Crippen LogP contribution in [0.1, 0.15) is 21.6 Å². The summed E-state index contributed by atoms with van der Waals surface area (Å²) in [5.41, 5.74) is 2.75. The number of aryl methyl sites for hydroxylation is 1. The fraction of sp³-hybridized carbons (Fsp3) is 0.286. The summed E-state index contributed by atoms with van der Waals surface area (Å²) in [6.07, 6.45) is 6.60. The van der Waals surface area contributed by atoms with Crippen LogP contribution in [0.15, 0.2) is 55.1 Å². The van der Waals surface area contributed by atoms with Gasteiger partial charge in [-0.2, -0.15) is 0 Å². The van der Waals surface area contributed by atoms with Gasteiger partial charge in [-0.05, 0) is 18.6 Å². The lowest BCUT2D eigenvalue weighted by molar-refractivity contribution is 0.0740. The molecule has 3 aromatic rings. The van der Waals surface area contributed by atoms with E-state index in [1.165, 1.54) is 17.3 Å². The van der Waals surface area contributed by atoms with Gasteiger partial charge in [0.05, 0.1) is 12.4 Å². The molecule has 0 unspecified atom stereocenters. The van der Waals surface area contributed by atoms with Gasteiger partial charge in [-0.15, -0.1) is 0 Å². The standard InChI is InChI=1S/C21H23N7O/c1-16-4-2-5-17(12-16)13-25-19-15-24-18(14-26-19)20(29)27-8-10-28(11-9-27)21-22-6-3-7-23-21/h2-7,12,14-15H,8-11,13H2,1H3,(H,25,26). The molecule has 0 aliphatic carbocycles. The molecule has 1 N–H and O–H groups in total. The van der Waals surface area contributed by atoms with Crippen LogP contribution in [0.4, 0.5) is 11.8 Å². The molecule has 2 aromatic heterocycles. The Balaban J connectivity index is 1.31. The summed E-state index contributed by atoms with van der Waals surface area (Å²) in [5.74, 6) is 1.24. The Morgan fingerprint density at radius 2 is 1.79 bits per heavy atom. The molecule has 1 aromatic carbocycles. The zero-order valence-electron chi connectivity index (χ0n) is 16.3. The molecule has 1 fully saturated rings. The van der Waals surface area contributed by atoms with Crippen molar-refractivity contribution in [1.29, 1.82) is 0 Å². The van der Waals surface area contributed by atoms with Gasteiger partial charge >= 0.3 is 0 Å².